The first-order valence-corrected chi connectivity index (χ1v) is 8.70. The van der Waals surface area contributed by atoms with Gasteiger partial charge in [0.1, 0.15) is 17.2 Å². The average Bonchev–Trinajstić information content (AvgIpc) is 3.00. The Morgan fingerprint density at radius 2 is 2.18 bits per heavy atom. The zero-order valence-corrected chi connectivity index (χ0v) is 15.6. The first kappa shape index (κ1) is 19.4. The summed E-state index contributed by atoms with van der Waals surface area (Å²) in [4.78, 5) is 30.0. The SMILES string of the molecule is COC(=O)C1=C(Nc2ccc(Oc3cccnc3)c(C)c2)C(=O)N(CCO)C1. The quantitative estimate of drug-likeness (QED) is 0.704. The maximum Gasteiger partial charge on any atom is 0.337 e. The Morgan fingerprint density at radius 1 is 1.36 bits per heavy atom. The van der Waals surface area contributed by atoms with Gasteiger partial charge in [0.15, 0.2) is 0 Å². The van der Waals surface area contributed by atoms with Gasteiger partial charge >= 0.3 is 5.97 Å². The number of aryl methyl sites for hydroxylation is 1. The summed E-state index contributed by atoms with van der Waals surface area (Å²) in [6.07, 6.45) is 3.28. The summed E-state index contributed by atoms with van der Waals surface area (Å²) in [5, 5.41) is 12.1. The van der Waals surface area contributed by atoms with E-state index in [9.17, 15) is 9.59 Å². The van der Waals surface area contributed by atoms with Gasteiger partial charge in [-0.2, -0.15) is 0 Å². The number of rotatable bonds is 7. The van der Waals surface area contributed by atoms with Crippen molar-refractivity contribution in [2.75, 3.05) is 32.1 Å². The van der Waals surface area contributed by atoms with Gasteiger partial charge in [-0.1, -0.05) is 0 Å². The fourth-order valence-corrected chi connectivity index (χ4v) is 2.87. The van der Waals surface area contributed by atoms with Crippen LogP contribution in [0.3, 0.4) is 0 Å². The molecule has 3 rings (SSSR count). The summed E-state index contributed by atoms with van der Waals surface area (Å²) >= 11 is 0. The van der Waals surface area contributed by atoms with Gasteiger partial charge in [-0.3, -0.25) is 9.78 Å². The highest BCUT2D eigenvalue weighted by molar-refractivity contribution is 6.08. The van der Waals surface area contributed by atoms with E-state index in [4.69, 9.17) is 14.6 Å². The highest BCUT2D eigenvalue weighted by Gasteiger charge is 2.34. The molecule has 0 bridgehead atoms. The number of nitrogens with one attached hydrogen (secondary N) is 1. The Morgan fingerprint density at radius 3 is 2.82 bits per heavy atom. The second-order valence-corrected chi connectivity index (χ2v) is 6.19. The van der Waals surface area contributed by atoms with E-state index in [-0.39, 0.29) is 36.9 Å². The third kappa shape index (κ3) is 4.12. The van der Waals surface area contributed by atoms with Crippen molar-refractivity contribution in [1.29, 1.82) is 0 Å². The summed E-state index contributed by atoms with van der Waals surface area (Å²) < 4.78 is 10.6. The van der Waals surface area contributed by atoms with Gasteiger partial charge in [0.25, 0.3) is 5.91 Å². The minimum absolute atomic E-state index is 0.0928. The Kier molecular flexibility index (Phi) is 5.90. The molecule has 1 amide bonds. The maximum atomic E-state index is 12.6. The number of aromatic nitrogens is 1. The molecule has 0 atom stereocenters. The zero-order chi connectivity index (χ0) is 20.1. The number of hydrogen-bond donors (Lipinski definition) is 2. The normalized spacial score (nSPS) is 13.7. The van der Waals surface area contributed by atoms with E-state index in [0.29, 0.717) is 17.2 Å². The van der Waals surface area contributed by atoms with E-state index in [1.165, 1.54) is 12.0 Å². The van der Waals surface area contributed by atoms with Crippen molar-refractivity contribution >= 4 is 17.6 Å². The molecule has 146 valence electrons. The molecule has 0 aliphatic carbocycles. The average molecular weight is 383 g/mol. The summed E-state index contributed by atoms with van der Waals surface area (Å²) in [5.41, 5.74) is 1.85. The Bertz CT molecular complexity index is 911. The molecule has 2 N–H and O–H groups in total. The lowest BCUT2D eigenvalue weighted by Gasteiger charge is -2.15. The smallest absolute Gasteiger partial charge is 0.337 e. The zero-order valence-electron chi connectivity index (χ0n) is 15.6. The Hall–Kier alpha value is -3.39. The minimum Gasteiger partial charge on any atom is -0.466 e. The second-order valence-electron chi connectivity index (χ2n) is 6.19. The van der Waals surface area contributed by atoms with Crippen LogP contribution in [0, 0.1) is 6.92 Å². The molecule has 2 heterocycles. The minimum atomic E-state index is -0.579. The standard InChI is InChI=1S/C20H21N3O5/c1-13-10-14(5-6-17(13)28-15-4-3-7-21-11-15)22-18-16(20(26)27-2)12-23(8-9-24)19(18)25/h3-7,10-11,22,24H,8-9,12H2,1-2H3. The van der Waals surface area contributed by atoms with Crippen molar-refractivity contribution in [2.24, 2.45) is 0 Å². The fourth-order valence-electron chi connectivity index (χ4n) is 2.87. The van der Waals surface area contributed by atoms with Crippen molar-refractivity contribution < 1.29 is 24.2 Å². The van der Waals surface area contributed by atoms with Crippen LogP contribution in [0.5, 0.6) is 11.5 Å². The lowest BCUT2D eigenvalue weighted by atomic mass is 10.1. The van der Waals surface area contributed by atoms with Crippen LogP contribution in [0.1, 0.15) is 5.56 Å². The van der Waals surface area contributed by atoms with E-state index in [1.807, 2.05) is 13.0 Å². The number of methoxy groups -OCH3 is 1. The van der Waals surface area contributed by atoms with E-state index >= 15 is 0 Å². The molecule has 0 radical (unpaired) electrons. The molecule has 2 aromatic rings. The molecule has 1 aromatic heterocycles. The molecular weight excluding hydrogens is 362 g/mol. The molecule has 0 saturated carbocycles. The molecular formula is C20H21N3O5. The van der Waals surface area contributed by atoms with Crippen LogP contribution in [0.15, 0.2) is 54.0 Å². The fraction of sp³-hybridized carbons (Fsp3) is 0.250. The summed E-state index contributed by atoms with van der Waals surface area (Å²) in [6.45, 7) is 1.92. The van der Waals surface area contributed by atoms with Gasteiger partial charge in [0.05, 0.1) is 32.0 Å². The van der Waals surface area contributed by atoms with Crippen LogP contribution in [-0.4, -0.2) is 53.7 Å². The van der Waals surface area contributed by atoms with Gasteiger partial charge in [-0.15, -0.1) is 0 Å². The molecule has 8 nitrogen and oxygen atoms in total. The van der Waals surface area contributed by atoms with Crippen molar-refractivity contribution in [3.05, 3.63) is 59.6 Å². The lowest BCUT2D eigenvalue weighted by Crippen LogP contribution is -2.31. The molecule has 0 saturated heterocycles. The number of benzene rings is 1. The number of esters is 1. The van der Waals surface area contributed by atoms with Gasteiger partial charge in [-0.25, -0.2) is 4.79 Å². The molecule has 0 spiro atoms. The summed E-state index contributed by atoms with van der Waals surface area (Å²) in [6, 6.07) is 8.93. The predicted octanol–water partition coefficient (Wildman–Crippen LogP) is 1.86. The largest absolute Gasteiger partial charge is 0.466 e. The van der Waals surface area contributed by atoms with Crippen LogP contribution in [0.25, 0.3) is 0 Å². The first-order valence-electron chi connectivity index (χ1n) is 8.70. The number of carbonyl (C=O) groups excluding carboxylic acids is 2. The van der Waals surface area contributed by atoms with Crippen molar-refractivity contribution in [1.82, 2.24) is 9.88 Å². The number of ether oxygens (including phenoxy) is 2. The third-order valence-corrected chi connectivity index (χ3v) is 4.26. The highest BCUT2D eigenvalue weighted by Crippen LogP contribution is 2.29. The molecule has 8 heteroatoms. The summed E-state index contributed by atoms with van der Waals surface area (Å²) in [7, 11) is 1.26. The molecule has 1 aliphatic heterocycles. The highest BCUT2D eigenvalue weighted by atomic mass is 16.5. The van der Waals surface area contributed by atoms with E-state index in [1.54, 1.807) is 36.7 Å². The van der Waals surface area contributed by atoms with Crippen LogP contribution in [-0.2, 0) is 14.3 Å². The van der Waals surface area contributed by atoms with Gasteiger partial charge in [0, 0.05) is 18.4 Å². The molecule has 0 unspecified atom stereocenters. The third-order valence-electron chi connectivity index (χ3n) is 4.26. The first-order chi connectivity index (χ1) is 13.5. The number of pyridine rings is 1. The lowest BCUT2D eigenvalue weighted by molar-refractivity contribution is -0.136. The number of carbonyl (C=O) groups is 2. The number of nitrogens with zero attached hydrogens (tertiary/aromatic N) is 2. The van der Waals surface area contributed by atoms with Crippen LogP contribution in [0.4, 0.5) is 5.69 Å². The number of amides is 1. The van der Waals surface area contributed by atoms with Gasteiger partial charge < -0.3 is 24.8 Å². The second kappa shape index (κ2) is 8.53. The number of β-amino-alcohol motifs (C(OH)–C–C–N with tert-alkyl or cyclic N) is 1. The van der Waals surface area contributed by atoms with Crippen LogP contribution in [0.2, 0.25) is 0 Å². The Labute approximate surface area is 162 Å². The number of hydrogen-bond acceptors (Lipinski definition) is 7. The number of aliphatic hydroxyl groups is 1. The van der Waals surface area contributed by atoms with Crippen molar-refractivity contribution in [3.8, 4) is 11.5 Å². The van der Waals surface area contributed by atoms with Crippen molar-refractivity contribution in [2.45, 2.75) is 6.92 Å². The molecule has 1 aromatic carbocycles. The number of anilines is 1. The van der Waals surface area contributed by atoms with E-state index in [2.05, 4.69) is 10.3 Å². The molecule has 0 fully saturated rings. The maximum absolute atomic E-state index is 12.6. The predicted molar refractivity (Wildman–Crippen MR) is 102 cm³/mol. The van der Waals surface area contributed by atoms with Gasteiger partial charge in [0.2, 0.25) is 0 Å². The Balaban J connectivity index is 1.82. The van der Waals surface area contributed by atoms with Crippen molar-refractivity contribution in [3.63, 3.8) is 0 Å². The number of aliphatic hydroxyl groups excluding tert-OH is 1. The topological polar surface area (TPSA) is 101 Å². The van der Waals surface area contributed by atoms with E-state index < -0.39 is 5.97 Å². The van der Waals surface area contributed by atoms with E-state index in [0.717, 1.165) is 5.56 Å². The molecule has 1 aliphatic rings. The van der Waals surface area contributed by atoms with Crippen LogP contribution >= 0.6 is 0 Å². The van der Waals surface area contributed by atoms with Crippen LogP contribution < -0.4 is 10.1 Å². The molecule has 28 heavy (non-hydrogen) atoms. The monoisotopic (exact) mass is 383 g/mol. The van der Waals surface area contributed by atoms with Gasteiger partial charge in [-0.05, 0) is 42.8 Å². The summed E-state index contributed by atoms with van der Waals surface area (Å²) in [5.74, 6) is 0.334.